The summed E-state index contributed by atoms with van der Waals surface area (Å²) in [5, 5.41) is 49.2. The van der Waals surface area contributed by atoms with Gasteiger partial charge in [0.15, 0.2) is 40.0 Å². The molecule has 0 aliphatic carbocycles. The highest BCUT2D eigenvalue weighted by Crippen LogP contribution is 2.61. The molecule has 1 unspecified atom stereocenters. The molecular formula is C39H45N3O11S. The summed E-state index contributed by atoms with van der Waals surface area (Å²) in [6.07, 6.45) is 0.175. The van der Waals surface area contributed by atoms with Gasteiger partial charge < -0.3 is 49.4 Å². The van der Waals surface area contributed by atoms with Crippen LogP contribution in [0, 0.1) is 20.8 Å². The minimum atomic E-state index is -1.24. The number of fused-ring (bicyclic) bond motifs is 9. The van der Waals surface area contributed by atoms with Gasteiger partial charge in [-0.05, 0) is 84.7 Å². The molecule has 2 fully saturated rings. The predicted octanol–water partition coefficient (Wildman–Crippen LogP) is 3.55. The maximum Gasteiger partial charge on any atom is 0.331 e. The van der Waals surface area contributed by atoms with Crippen molar-refractivity contribution >= 4 is 23.7 Å². The maximum absolute atomic E-state index is 14.6. The standard InChI is InChI=1S/C37H41N3O9S.C2H4O2/c1-15-8-19-9-21-35(43)40-22-12-47-36(44)37(20-11-24(45-4)23(41)10-18(20)6-7-38-37)13-50-34(29(40)28(39-21)26(19)30(42)31(15)46-5)25-16(2)17(3)32-33(27(22)25)49-14-48-32;1-2(3)4/h8,10-11,21-22,28-29,34-35,38-39,41-43H,6-7,9,12-14H2,1-5H3;1H3,(H,3,4)/t21-,22-,28+,29?,34+,35-,37+;/m0./s1. The zero-order valence-corrected chi connectivity index (χ0v) is 31.8. The fourth-order valence-electron chi connectivity index (χ4n) is 9.56. The van der Waals surface area contributed by atoms with Crippen LogP contribution in [0.15, 0.2) is 18.2 Å². The van der Waals surface area contributed by atoms with Crippen LogP contribution in [0.4, 0.5) is 0 Å². The van der Waals surface area contributed by atoms with Crippen LogP contribution >= 0.6 is 11.8 Å². The third-order valence-corrected chi connectivity index (χ3v) is 13.4. The minimum absolute atomic E-state index is 0.0215. The van der Waals surface area contributed by atoms with Crippen molar-refractivity contribution in [1.82, 2.24) is 15.5 Å². The molecule has 14 nitrogen and oxygen atoms in total. The van der Waals surface area contributed by atoms with E-state index >= 15 is 0 Å². The number of aliphatic hydroxyl groups excluding tert-OH is 1. The number of aromatic hydroxyl groups is 2. The molecule has 3 aromatic rings. The van der Waals surface area contributed by atoms with Crippen molar-refractivity contribution in [2.75, 3.05) is 39.9 Å². The Bertz CT molecular complexity index is 2070. The van der Waals surface area contributed by atoms with Gasteiger partial charge in [0.1, 0.15) is 12.8 Å². The first-order valence-corrected chi connectivity index (χ1v) is 19.0. The van der Waals surface area contributed by atoms with E-state index in [2.05, 4.69) is 28.5 Å². The number of rotatable bonds is 2. The van der Waals surface area contributed by atoms with E-state index in [0.717, 1.165) is 51.4 Å². The number of nitrogens with zero attached hydrogens (tertiary/aromatic N) is 1. The lowest BCUT2D eigenvalue weighted by Crippen LogP contribution is -2.70. The number of methoxy groups -OCH3 is 2. The summed E-state index contributed by atoms with van der Waals surface area (Å²) in [6.45, 7) is 7.67. The number of ether oxygens (including phenoxy) is 5. The van der Waals surface area contributed by atoms with Crippen molar-refractivity contribution in [3.05, 3.63) is 68.3 Å². The normalized spacial score (nSPS) is 28.8. The van der Waals surface area contributed by atoms with Gasteiger partial charge in [0.2, 0.25) is 6.79 Å². The summed E-state index contributed by atoms with van der Waals surface area (Å²) < 4.78 is 29.8. The van der Waals surface area contributed by atoms with Gasteiger partial charge in [-0.3, -0.25) is 15.0 Å². The van der Waals surface area contributed by atoms with E-state index in [0.29, 0.717) is 42.2 Å². The highest BCUT2D eigenvalue weighted by molar-refractivity contribution is 7.99. The Morgan fingerprint density at radius 2 is 1.74 bits per heavy atom. The van der Waals surface area contributed by atoms with Crippen molar-refractivity contribution in [1.29, 1.82) is 0 Å². The Kier molecular flexibility index (Phi) is 9.08. The second-order valence-corrected chi connectivity index (χ2v) is 15.9. The summed E-state index contributed by atoms with van der Waals surface area (Å²) in [5.74, 6) is 1.15. The molecule has 15 heteroatoms. The van der Waals surface area contributed by atoms with Crippen molar-refractivity contribution < 1.29 is 53.7 Å². The van der Waals surface area contributed by atoms with Crippen LogP contribution in [0.2, 0.25) is 0 Å². The van der Waals surface area contributed by atoms with E-state index in [-0.39, 0.29) is 53.7 Å². The average Bonchev–Trinajstić information content (AvgIpc) is 3.63. The molecule has 288 valence electrons. The lowest BCUT2D eigenvalue weighted by atomic mass is 9.73. The van der Waals surface area contributed by atoms with E-state index < -0.39 is 35.8 Å². The number of carboxylic acid groups (broad SMARTS) is 1. The van der Waals surface area contributed by atoms with E-state index in [1.165, 1.54) is 7.11 Å². The SMILES string of the molecule is CC(=O)O.COc1cc2c(cc1O)CCN[C@]21CS[C@@H]2c3c(C)c(C)c4c(c3[C@H](COC1=O)N1C2[C@@H]2N[C@@H](Cc3cc(C)c(OC)c(O)c32)[C@@H]1O)OCO4. The largest absolute Gasteiger partial charge is 0.504 e. The number of phenolic OH excluding ortho intramolecular Hbond substituents is 2. The van der Waals surface area contributed by atoms with Crippen molar-refractivity contribution in [3.8, 4) is 34.5 Å². The monoisotopic (exact) mass is 763 g/mol. The Morgan fingerprint density at radius 3 is 2.46 bits per heavy atom. The van der Waals surface area contributed by atoms with Gasteiger partial charge in [0, 0.05) is 41.6 Å². The summed E-state index contributed by atoms with van der Waals surface area (Å²) >= 11 is 1.62. The van der Waals surface area contributed by atoms with E-state index in [1.807, 2.05) is 13.8 Å². The molecule has 1 spiro atoms. The van der Waals surface area contributed by atoms with Crippen LogP contribution in [-0.4, -0.2) is 95.5 Å². The number of aliphatic hydroxyl groups is 1. The van der Waals surface area contributed by atoms with Gasteiger partial charge in [-0.2, -0.15) is 0 Å². The fraction of sp³-hybridized carbons (Fsp3) is 0.487. The highest BCUT2D eigenvalue weighted by Gasteiger charge is 2.59. The number of aryl methyl sites for hydroxylation is 1. The van der Waals surface area contributed by atoms with Crippen LogP contribution in [-0.2, 0) is 32.7 Å². The van der Waals surface area contributed by atoms with Crippen molar-refractivity contribution in [3.63, 3.8) is 0 Å². The molecule has 7 aliphatic heterocycles. The number of carbonyl (C=O) groups is 2. The second kappa shape index (κ2) is 13.4. The van der Waals surface area contributed by atoms with Gasteiger partial charge in [-0.1, -0.05) is 6.07 Å². The first-order chi connectivity index (χ1) is 25.8. The van der Waals surface area contributed by atoms with Crippen LogP contribution in [0.25, 0.3) is 0 Å². The molecule has 7 aliphatic rings. The topological polar surface area (TPSA) is 189 Å². The van der Waals surface area contributed by atoms with Gasteiger partial charge in [-0.25, -0.2) is 4.79 Å². The number of benzene rings is 3. The Hall–Kier alpha value is -4.41. The smallest absolute Gasteiger partial charge is 0.331 e. The third kappa shape index (κ3) is 5.30. The lowest BCUT2D eigenvalue weighted by Gasteiger charge is -2.59. The molecule has 0 radical (unpaired) electrons. The molecular weight excluding hydrogens is 719 g/mol. The first kappa shape index (κ1) is 36.6. The minimum Gasteiger partial charge on any atom is -0.504 e. The van der Waals surface area contributed by atoms with Gasteiger partial charge >= 0.3 is 5.97 Å². The number of esters is 1. The Balaban J connectivity index is 0.000000987. The van der Waals surface area contributed by atoms with E-state index in [1.54, 1.807) is 31.0 Å². The predicted molar refractivity (Wildman–Crippen MR) is 197 cm³/mol. The molecule has 2 saturated heterocycles. The number of phenols is 2. The molecule has 6 N–H and O–H groups in total. The number of hydrogen-bond acceptors (Lipinski definition) is 14. The number of nitrogens with one attached hydrogen (secondary N) is 2. The Labute approximate surface area is 316 Å². The van der Waals surface area contributed by atoms with Gasteiger partial charge in [0.25, 0.3) is 5.97 Å². The molecule has 0 aromatic heterocycles. The summed E-state index contributed by atoms with van der Waals surface area (Å²) in [6, 6.07) is 3.78. The highest BCUT2D eigenvalue weighted by atomic mass is 32.2. The van der Waals surface area contributed by atoms with Gasteiger partial charge in [-0.15, -0.1) is 11.8 Å². The number of piperazine rings is 1. The van der Waals surface area contributed by atoms with E-state index in [9.17, 15) is 20.1 Å². The molecule has 0 amide bonds. The quantitative estimate of drug-likeness (QED) is 0.208. The zero-order valence-electron chi connectivity index (χ0n) is 30.9. The average molecular weight is 764 g/mol. The van der Waals surface area contributed by atoms with Crippen molar-refractivity contribution in [2.24, 2.45) is 0 Å². The molecule has 7 heterocycles. The molecule has 3 aromatic carbocycles. The van der Waals surface area contributed by atoms with Crippen LogP contribution < -0.4 is 29.6 Å². The number of aliphatic carboxylic acids is 1. The molecule has 10 rings (SSSR count). The maximum atomic E-state index is 14.6. The molecule has 54 heavy (non-hydrogen) atoms. The summed E-state index contributed by atoms with van der Waals surface area (Å²) in [4.78, 5) is 25.6. The van der Waals surface area contributed by atoms with E-state index in [4.69, 9.17) is 33.6 Å². The number of carbonyl (C=O) groups excluding carboxylic acids is 1. The molecule has 0 saturated carbocycles. The second-order valence-electron chi connectivity index (χ2n) is 14.7. The third-order valence-electron chi connectivity index (χ3n) is 11.9. The fourth-order valence-corrected chi connectivity index (χ4v) is 11.3. The number of carboxylic acids is 1. The number of thioether (sulfide) groups is 1. The molecule has 4 bridgehead atoms. The van der Waals surface area contributed by atoms with Crippen molar-refractivity contribution in [2.45, 2.75) is 81.7 Å². The lowest BCUT2D eigenvalue weighted by molar-refractivity contribution is -0.164. The van der Waals surface area contributed by atoms with Crippen LogP contribution in [0.3, 0.4) is 0 Å². The summed E-state index contributed by atoms with van der Waals surface area (Å²) in [5.41, 5.74) is 6.85. The Morgan fingerprint density at radius 1 is 1.00 bits per heavy atom. The number of hydrogen-bond donors (Lipinski definition) is 6. The van der Waals surface area contributed by atoms with Crippen LogP contribution in [0.5, 0.6) is 34.5 Å². The first-order valence-electron chi connectivity index (χ1n) is 18.0. The van der Waals surface area contributed by atoms with Gasteiger partial charge in [0.05, 0.1) is 32.3 Å². The summed E-state index contributed by atoms with van der Waals surface area (Å²) in [7, 11) is 3.06. The zero-order chi connectivity index (χ0) is 38.4. The van der Waals surface area contributed by atoms with Crippen LogP contribution in [0.1, 0.15) is 74.3 Å². The molecule has 7 atom stereocenters.